The lowest BCUT2D eigenvalue weighted by Crippen LogP contribution is -2.42. The predicted molar refractivity (Wildman–Crippen MR) is 94.7 cm³/mol. The molecule has 0 N–H and O–H groups in total. The Morgan fingerprint density at radius 2 is 1.92 bits per heavy atom. The molecule has 1 rings (SSSR count). The van der Waals surface area contributed by atoms with Crippen molar-refractivity contribution in [2.75, 3.05) is 14.2 Å². The number of alkyl halides is 3. The summed E-state index contributed by atoms with van der Waals surface area (Å²) in [5, 5.41) is 0. The Kier molecular flexibility index (Phi) is 7.44. The SMILES string of the molecule is COC(=CC(=O)N1C(=O)C=C(OC)C1C(C)C)CC(C)C(Cl)(Cl)Cl. The van der Waals surface area contributed by atoms with E-state index in [-0.39, 0.29) is 18.3 Å². The molecule has 1 aliphatic heterocycles. The molecule has 2 amide bonds. The number of carbonyl (C=O) groups is 2. The molecule has 0 saturated carbocycles. The standard InChI is InChI=1S/C16H22Cl3NO4/c1-9(2)15-12(24-5)8-14(22)20(15)13(21)7-11(23-4)6-10(3)16(17,18)19/h7-10,15H,6H2,1-5H3. The zero-order valence-electron chi connectivity index (χ0n) is 14.3. The van der Waals surface area contributed by atoms with E-state index in [1.165, 1.54) is 26.4 Å². The summed E-state index contributed by atoms with van der Waals surface area (Å²) in [6, 6.07) is -0.449. The molecule has 24 heavy (non-hydrogen) atoms. The molecule has 2 atom stereocenters. The number of rotatable bonds is 6. The first-order valence-electron chi connectivity index (χ1n) is 7.46. The number of allylic oxidation sites excluding steroid dienone is 1. The fourth-order valence-corrected chi connectivity index (χ4v) is 2.65. The van der Waals surface area contributed by atoms with Crippen molar-refractivity contribution < 1.29 is 19.1 Å². The number of ether oxygens (including phenoxy) is 2. The average molecular weight is 399 g/mol. The maximum absolute atomic E-state index is 12.6. The fourth-order valence-electron chi connectivity index (χ4n) is 2.42. The van der Waals surface area contributed by atoms with Crippen LogP contribution in [0.15, 0.2) is 23.7 Å². The van der Waals surface area contributed by atoms with Gasteiger partial charge in [-0.3, -0.25) is 14.5 Å². The second-order valence-corrected chi connectivity index (χ2v) is 8.32. The first-order valence-corrected chi connectivity index (χ1v) is 8.60. The summed E-state index contributed by atoms with van der Waals surface area (Å²) >= 11 is 17.5. The number of imide groups is 1. The van der Waals surface area contributed by atoms with E-state index < -0.39 is 21.6 Å². The van der Waals surface area contributed by atoms with Crippen LogP contribution in [0, 0.1) is 11.8 Å². The maximum atomic E-state index is 12.6. The number of carbonyl (C=O) groups excluding carboxylic acids is 2. The van der Waals surface area contributed by atoms with E-state index in [2.05, 4.69) is 0 Å². The second-order valence-electron chi connectivity index (χ2n) is 5.95. The number of nitrogens with zero attached hydrogens (tertiary/aromatic N) is 1. The number of methoxy groups -OCH3 is 2. The highest BCUT2D eigenvalue weighted by molar-refractivity contribution is 6.67. The molecule has 0 aliphatic carbocycles. The third-order valence-corrected chi connectivity index (χ3v) is 4.91. The van der Waals surface area contributed by atoms with Crippen molar-refractivity contribution in [3.8, 4) is 0 Å². The van der Waals surface area contributed by atoms with E-state index in [9.17, 15) is 9.59 Å². The van der Waals surface area contributed by atoms with Crippen LogP contribution in [0.3, 0.4) is 0 Å². The van der Waals surface area contributed by atoms with Gasteiger partial charge in [0.2, 0.25) is 0 Å². The van der Waals surface area contributed by atoms with Crippen molar-refractivity contribution in [3.05, 3.63) is 23.7 Å². The largest absolute Gasteiger partial charge is 0.501 e. The monoisotopic (exact) mass is 397 g/mol. The van der Waals surface area contributed by atoms with Crippen LogP contribution < -0.4 is 0 Å². The van der Waals surface area contributed by atoms with Crippen LogP contribution in [0.25, 0.3) is 0 Å². The number of hydrogen-bond acceptors (Lipinski definition) is 4. The highest BCUT2D eigenvalue weighted by Crippen LogP contribution is 2.38. The molecule has 0 fully saturated rings. The summed E-state index contributed by atoms with van der Waals surface area (Å²) in [5.41, 5.74) is 0. The first-order chi connectivity index (χ1) is 11.0. The summed E-state index contributed by atoms with van der Waals surface area (Å²) in [7, 11) is 2.90. The van der Waals surface area contributed by atoms with Gasteiger partial charge in [-0.1, -0.05) is 55.6 Å². The van der Waals surface area contributed by atoms with E-state index in [1.54, 1.807) is 6.92 Å². The van der Waals surface area contributed by atoms with Crippen molar-refractivity contribution in [1.82, 2.24) is 4.90 Å². The van der Waals surface area contributed by atoms with Gasteiger partial charge in [-0.05, 0) is 5.92 Å². The quantitative estimate of drug-likeness (QED) is 0.387. The van der Waals surface area contributed by atoms with Gasteiger partial charge in [0.25, 0.3) is 11.8 Å². The second kappa shape index (κ2) is 8.45. The minimum atomic E-state index is -1.48. The van der Waals surface area contributed by atoms with Crippen molar-refractivity contribution in [2.24, 2.45) is 11.8 Å². The zero-order valence-corrected chi connectivity index (χ0v) is 16.6. The molecule has 1 heterocycles. The van der Waals surface area contributed by atoms with Crippen LogP contribution in [0.5, 0.6) is 0 Å². The minimum absolute atomic E-state index is 0.00564. The van der Waals surface area contributed by atoms with Crippen molar-refractivity contribution in [3.63, 3.8) is 0 Å². The van der Waals surface area contributed by atoms with Crippen molar-refractivity contribution in [1.29, 1.82) is 0 Å². The van der Waals surface area contributed by atoms with Gasteiger partial charge in [0.05, 0.1) is 20.3 Å². The Morgan fingerprint density at radius 3 is 2.33 bits per heavy atom. The van der Waals surface area contributed by atoms with Crippen LogP contribution in [0.2, 0.25) is 0 Å². The van der Waals surface area contributed by atoms with Crippen LogP contribution in [0.4, 0.5) is 0 Å². The lowest BCUT2D eigenvalue weighted by molar-refractivity contribution is -0.140. The molecule has 2 unspecified atom stereocenters. The highest BCUT2D eigenvalue weighted by atomic mass is 35.6. The molecule has 0 radical (unpaired) electrons. The predicted octanol–water partition coefficient (Wildman–Crippen LogP) is 3.84. The molecule has 136 valence electrons. The Labute approximate surface area is 157 Å². The molecule has 0 bridgehead atoms. The van der Waals surface area contributed by atoms with Crippen LogP contribution in [-0.4, -0.2) is 40.8 Å². The number of hydrogen-bond donors (Lipinski definition) is 0. The fraction of sp³-hybridized carbons (Fsp3) is 0.625. The normalized spacial score (nSPS) is 20.3. The lowest BCUT2D eigenvalue weighted by Gasteiger charge is -2.27. The van der Waals surface area contributed by atoms with Crippen molar-refractivity contribution >= 4 is 46.6 Å². The van der Waals surface area contributed by atoms with Gasteiger partial charge >= 0.3 is 0 Å². The molecule has 5 nitrogen and oxygen atoms in total. The topological polar surface area (TPSA) is 55.8 Å². The smallest absolute Gasteiger partial charge is 0.257 e. The summed E-state index contributed by atoms with van der Waals surface area (Å²) in [6.07, 6.45) is 2.83. The van der Waals surface area contributed by atoms with Crippen LogP contribution in [0.1, 0.15) is 27.2 Å². The third-order valence-electron chi connectivity index (χ3n) is 3.79. The first kappa shape index (κ1) is 21.1. The maximum Gasteiger partial charge on any atom is 0.257 e. The molecule has 0 aromatic carbocycles. The van der Waals surface area contributed by atoms with Gasteiger partial charge in [0, 0.05) is 24.5 Å². The van der Waals surface area contributed by atoms with Gasteiger partial charge in [0.15, 0.2) is 3.79 Å². The average Bonchev–Trinajstić information content (AvgIpc) is 2.82. The molecule has 0 aromatic rings. The van der Waals surface area contributed by atoms with E-state index in [0.717, 1.165) is 4.90 Å². The Balaban J connectivity index is 3.00. The van der Waals surface area contributed by atoms with Gasteiger partial charge < -0.3 is 9.47 Å². The van der Waals surface area contributed by atoms with E-state index in [0.29, 0.717) is 11.5 Å². The molecular formula is C16H22Cl3NO4. The van der Waals surface area contributed by atoms with Gasteiger partial charge in [-0.2, -0.15) is 0 Å². The van der Waals surface area contributed by atoms with E-state index >= 15 is 0 Å². The van der Waals surface area contributed by atoms with Gasteiger partial charge in [-0.15, -0.1) is 0 Å². The van der Waals surface area contributed by atoms with Crippen LogP contribution in [-0.2, 0) is 19.1 Å². The Bertz CT molecular complexity index is 552. The summed E-state index contributed by atoms with van der Waals surface area (Å²) in [4.78, 5) is 25.9. The molecule has 0 saturated heterocycles. The van der Waals surface area contributed by atoms with E-state index in [4.69, 9.17) is 44.3 Å². The summed E-state index contributed by atoms with van der Waals surface area (Å²) in [5.74, 6) is -0.479. The Morgan fingerprint density at radius 1 is 1.33 bits per heavy atom. The third kappa shape index (κ3) is 5.04. The molecule has 1 aliphatic rings. The van der Waals surface area contributed by atoms with Gasteiger partial charge in [-0.25, -0.2) is 0 Å². The number of halogens is 3. The summed E-state index contributed by atoms with van der Waals surface area (Å²) < 4.78 is 8.95. The van der Waals surface area contributed by atoms with Crippen molar-refractivity contribution in [2.45, 2.75) is 37.0 Å². The van der Waals surface area contributed by atoms with E-state index in [1.807, 2.05) is 13.8 Å². The number of amides is 2. The highest BCUT2D eigenvalue weighted by Gasteiger charge is 2.39. The molecular weight excluding hydrogens is 377 g/mol. The van der Waals surface area contributed by atoms with Crippen LogP contribution >= 0.6 is 34.8 Å². The summed E-state index contributed by atoms with van der Waals surface area (Å²) in [6.45, 7) is 5.54. The lowest BCUT2D eigenvalue weighted by atomic mass is 10.0. The zero-order chi connectivity index (χ0) is 18.7. The van der Waals surface area contributed by atoms with Gasteiger partial charge in [0.1, 0.15) is 11.5 Å². The molecule has 0 aromatic heterocycles. The Hall–Kier alpha value is -0.910. The minimum Gasteiger partial charge on any atom is -0.501 e. The molecule has 8 heteroatoms. The molecule has 0 spiro atoms.